The summed E-state index contributed by atoms with van der Waals surface area (Å²) in [6, 6.07) is 9.51. The van der Waals surface area contributed by atoms with Gasteiger partial charge < -0.3 is 11.1 Å². The Morgan fingerprint density at radius 3 is 2.88 bits per heavy atom. The Labute approximate surface area is 166 Å². The monoisotopic (exact) mass is 410 g/mol. The van der Waals surface area contributed by atoms with Gasteiger partial charge in [-0.25, -0.2) is 4.68 Å². The summed E-state index contributed by atoms with van der Waals surface area (Å²) in [5.74, 6) is 0.487. The van der Waals surface area contributed by atoms with Crippen molar-refractivity contribution in [2.45, 2.75) is 25.8 Å². The van der Waals surface area contributed by atoms with Gasteiger partial charge in [0, 0.05) is 18.0 Å². The van der Waals surface area contributed by atoms with E-state index in [-0.39, 0.29) is 24.4 Å². The molecule has 2 heterocycles. The molecule has 26 heavy (non-hydrogen) atoms. The molecular formula is C18H20Cl2N4OS. The molecule has 1 atom stereocenters. The molecular weight excluding hydrogens is 391 g/mol. The molecule has 1 aliphatic rings. The van der Waals surface area contributed by atoms with E-state index in [4.69, 9.17) is 17.3 Å². The lowest BCUT2D eigenvalue weighted by atomic mass is 10.2. The lowest BCUT2D eigenvalue weighted by molar-refractivity contribution is 0.0954. The molecule has 8 heteroatoms. The molecule has 2 aromatic heterocycles. The van der Waals surface area contributed by atoms with Gasteiger partial charge in [-0.2, -0.15) is 5.10 Å². The van der Waals surface area contributed by atoms with Gasteiger partial charge in [-0.05, 0) is 43.9 Å². The maximum absolute atomic E-state index is 12.5. The van der Waals surface area contributed by atoms with E-state index in [9.17, 15) is 4.79 Å². The minimum Gasteiger partial charge on any atom is -0.350 e. The molecule has 1 aliphatic carbocycles. The van der Waals surface area contributed by atoms with Crippen molar-refractivity contribution in [1.29, 1.82) is 0 Å². The quantitative estimate of drug-likeness (QED) is 0.668. The SMILES string of the molecule is Cc1nn(-c2ccccc2Cl)c2sc(C(=O)NCC(N)C3CC3)cc12.Cl. The summed E-state index contributed by atoms with van der Waals surface area (Å²) < 4.78 is 1.81. The molecule has 4 rings (SSSR count). The van der Waals surface area contributed by atoms with Crippen LogP contribution in [0.1, 0.15) is 28.2 Å². The lowest BCUT2D eigenvalue weighted by Gasteiger charge is -2.10. The van der Waals surface area contributed by atoms with E-state index >= 15 is 0 Å². The third kappa shape index (κ3) is 3.60. The van der Waals surface area contributed by atoms with Crippen LogP contribution < -0.4 is 11.1 Å². The molecule has 0 radical (unpaired) electrons. The first kappa shape index (κ1) is 19.2. The molecule has 1 aromatic carbocycles. The molecule has 0 spiro atoms. The van der Waals surface area contributed by atoms with Gasteiger partial charge in [0.2, 0.25) is 0 Å². The average molecular weight is 411 g/mol. The van der Waals surface area contributed by atoms with E-state index in [1.807, 2.05) is 41.9 Å². The first-order valence-electron chi connectivity index (χ1n) is 8.32. The summed E-state index contributed by atoms with van der Waals surface area (Å²) in [5.41, 5.74) is 7.75. The highest BCUT2D eigenvalue weighted by atomic mass is 35.5. The second-order valence-corrected chi connectivity index (χ2v) is 7.93. The number of hydrogen-bond acceptors (Lipinski definition) is 4. The van der Waals surface area contributed by atoms with Crippen LogP contribution in [0.5, 0.6) is 0 Å². The summed E-state index contributed by atoms with van der Waals surface area (Å²) in [6.45, 7) is 2.46. The summed E-state index contributed by atoms with van der Waals surface area (Å²) in [6.07, 6.45) is 2.35. The summed E-state index contributed by atoms with van der Waals surface area (Å²) >= 11 is 7.73. The number of para-hydroxylation sites is 1. The Morgan fingerprint density at radius 1 is 1.46 bits per heavy atom. The van der Waals surface area contributed by atoms with Gasteiger partial charge >= 0.3 is 0 Å². The van der Waals surface area contributed by atoms with Crippen LogP contribution in [0, 0.1) is 12.8 Å². The topological polar surface area (TPSA) is 72.9 Å². The Kier molecular flexibility index (Phi) is 5.58. The molecule has 1 saturated carbocycles. The Balaban J connectivity index is 0.00000196. The smallest absolute Gasteiger partial charge is 0.261 e. The van der Waals surface area contributed by atoms with Crippen molar-refractivity contribution in [1.82, 2.24) is 15.1 Å². The van der Waals surface area contributed by atoms with Gasteiger partial charge in [0.25, 0.3) is 5.91 Å². The molecule has 3 aromatic rings. The average Bonchev–Trinajstić information content (AvgIpc) is 3.29. The number of benzene rings is 1. The molecule has 3 N–H and O–H groups in total. The number of nitrogens with one attached hydrogen (secondary N) is 1. The normalized spacial score (nSPS) is 14.9. The van der Waals surface area contributed by atoms with E-state index in [0.717, 1.165) is 21.6 Å². The molecule has 1 unspecified atom stereocenters. The molecule has 138 valence electrons. The molecule has 0 aliphatic heterocycles. The van der Waals surface area contributed by atoms with Crippen LogP contribution in [0.25, 0.3) is 15.9 Å². The molecule has 0 bridgehead atoms. The Bertz CT molecular complexity index is 948. The number of hydrogen-bond donors (Lipinski definition) is 2. The van der Waals surface area contributed by atoms with E-state index < -0.39 is 0 Å². The number of rotatable bonds is 5. The van der Waals surface area contributed by atoms with Gasteiger partial charge in [-0.3, -0.25) is 4.79 Å². The van der Waals surface area contributed by atoms with Crippen molar-refractivity contribution in [3.8, 4) is 5.69 Å². The zero-order valence-corrected chi connectivity index (χ0v) is 16.6. The minimum atomic E-state index is -0.0811. The standard InChI is InChI=1S/C18H19ClN4OS.ClH/c1-10-12-8-16(17(24)21-9-14(20)11-6-7-11)25-18(12)23(22-10)15-5-3-2-4-13(15)19;/h2-5,8,11,14H,6-7,9,20H2,1H3,(H,21,24);1H. The van der Waals surface area contributed by atoms with E-state index in [1.54, 1.807) is 0 Å². The number of aryl methyl sites for hydroxylation is 1. The highest BCUT2D eigenvalue weighted by Gasteiger charge is 2.28. The van der Waals surface area contributed by atoms with Crippen molar-refractivity contribution in [3.63, 3.8) is 0 Å². The number of carbonyl (C=O) groups is 1. The van der Waals surface area contributed by atoms with Crippen LogP contribution in [-0.2, 0) is 0 Å². The molecule has 5 nitrogen and oxygen atoms in total. The lowest BCUT2D eigenvalue weighted by Crippen LogP contribution is -2.38. The largest absolute Gasteiger partial charge is 0.350 e. The summed E-state index contributed by atoms with van der Waals surface area (Å²) in [4.78, 5) is 14.1. The van der Waals surface area contributed by atoms with Crippen molar-refractivity contribution < 1.29 is 4.79 Å². The van der Waals surface area contributed by atoms with Crippen molar-refractivity contribution in [2.75, 3.05) is 6.54 Å². The molecule has 1 fully saturated rings. The van der Waals surface area contributed by atoms with Crippen LogP contribution >= 0.6 is 35.3 Å². The van der Waals surface area contributed by atoms with Crippen LogP contribution in [0.2, 0.25) is 5.02 Å². The maximum atomic E-state index is 12.5. The van der Waals surface area contributed by atoms with E-state index in [1.165, 1.54) is 24.2 Å². The Morgan fingerprint density at radius 2 is 2.19 bits per heavy atom. The number of nitrogens with two attached hydrogens (primary N) is 1. The number of thiophene rings is 1. The second-order valence-electron chi connectivity index (χ2n) is 6.49. The van der Waals surface area contributed by atoms with Crippen molar-refractivity contribution >= 4 is 51.5 Å². The maximum Gasteiger partial charge on any atom is 0.261 e. The fraction of sp³-hybridized carbons (Fsp3) is 0.333. The fourth-order valence-corrected chi connectivity index (χ4v) is 4.24. The van der Waals surface area contributed by atoms with Gasteiger partial charge in [0.05, 0.1) is 21.3 Å². The third-order valence-electron chi connectivity index (χ3n) is 4.57. The first-order chi connectivity index (χ1) is 12.0. The summed E-state index contributed by atoms with van der Waals surface area (Å²) in [5, 5.41) is 9.13. The van der Waals surface area contributed by atoms with Gasteiger partial charge in [0.15, 0.2) is 0 Å². The molecule has 1 amide bonds. The van der Waals surface area contributed by atoms with Gasteiger partial charge in [-0.1, -0.05) is 23.7 Å². The van der Waals surface area contributed by atoms with E-state index in [0.29, 0.717) is 22.4 Å². The van der Waals surface area contributed by atoms with Crippen molar-refractivity contribution in [3.05, 3.63) is 45.9 Å². The predicted molar refractivity (Wildman–Crippen MR) is 109 cm³/mol. The number of fused-ring (bicyclic) bond motifs is 1. The number of halogens is 2. The van der Waals surface area contributed by atoms with E-state index in [2.05, 4.69) is 10.4 Å². The van der Waals surface area contributed by atoms with Crippen LogP contribution in [0.3, 0.4) is 0 Å². The van der Waals surface area contributed by atoms with Crippen molar-refractivity contribution in [2.24, 2.45) is 11.7 Å². The Hall–Kier alpha value is -1.60. The summed E-state index contributed by atoms with van der Waals surface area (Å²) in [7, 11) is 0. The zero-order valence-electron chi connectivity index (χ0n) is 14.2. The number of aromatic nitrogens is 2. The zero-order chi connectivity index (χ0) is 17.6. The number of nitrogens with zero attached hydrogens (tertiary/aromatic N) is 2. The molecule has 0 saturated heterocycles. The third-order valence-corrected chi connectivity index (χ3v) is 6.00. The second kappa shape index (κ2) is 7.56. The predicted octanol–water partition coefficient (Wildman–Crippen LogP) is 3.94. The minimum absolute atomic E-state index is 0. The highest BCUT2D eigenvalue weighted by Crippen LogP contribution is 2.33. The van der Waals surface area contributed by atoms with Gasteiger partial charge in [-0.15, -0.1) is 23.7 Å². The fourth-order valence-electron chi connectivity index (χ4n) is 2.93. The van der Waals surface area contributed by atoms with Crippen LogP contribution in [0.15, 0.2) is 30.3 Å². The number of carbonyl (C=O) groups excluding carboxylic acids is 1. The van der Waals surface area contributed by atoms with Gasteiger partial charge in [0.1, 0.15) is 4.83 Å². The number of amides is 1. The first-order valence-corrected chi connectivity index (χ1v) is 9.52. The van der Waals surface area contributed by atoms with Crippen LogP contribution in [-0.4, -0.2) is 28.3 Å². The van der Waals surface area contributed by atoms with Crippen LogP contribution in [0.4, 0.5) is 0 Å². The highest BCUT2D eigenvalue weighted by molar-refractivity contribution is 7.20.